The van der Waals surface area contributed by atoms with Gasteiger partial charge in [0, 0.05) is 20.3 Å². The van der Waals surface area contributed by atoms with Gasteiger partial charge in [0.25, 0.3) is 0 Å². The van der Waals surface area contributed by atoms with Crippen molar-refractivity contribution < 1.29 is 4.79 Å². The Morgan fingerprint density at radius 3 is 1.79 bits per heavy atom. The maximum atomic E-state index is 11.7. The van der Waals surface area contributed by atoms with Crippen LogP contribution >= 0.6 is 23.5 Å². The zero-order valence-corrected chi connectivity index (χ0v) is 17.9. The molecule has 2 rings (SSSR count). The first-order chi connectivity index (χ1) is 13.4. The van der Waals surface area contributed by atoms with Gasteiger partial charge < -0.3 is 0 Å². The Balaban J connectivity index is 2.41. The molecule has 2 aromatic carbocycles. The smallest absolute Gasteiger partial charge is 0.156 e. The SMILES string of the molecule is CC(C)(C)/C=C(C#N)/C=C(/C=C(/C=O)Sc1ccccc1)Sc1ccccc1. The molecule has 2 aromatic rings. The topological polar surface area (TPSA) is 40.9 Å². The molecule has 0 aliphatic heterocycles. The van der Waals surface area contributed by atoms with Crippen LogP contribution in [-0.4, -0.2) is 6.29 Å². The second-order valence-electron chi connectivity index (χ2n) is 7.12. The van der Waals surface area contributed by atoms with Gasteiger partial charge in [0.2, 0.25) is 0 Å². The standard InChI is InChI=1S/C24H23NOS2/c1-24(2,3)16-19(17-25)14-22(27-20-10-6-4-7-11-20)15-23(18-26)28-21-12-8-5-9-13-21/h4-16,18H,1-3H3/b19-16-,22-14-,23-15-. The highest BCUT2D eigenvalue weighted by Gasteiger charge is 2.09. The highest BCUT2D eigenvalue weighted by atomic mass is 32.2. The van der Waals surface area contributed by atoms with Crippen LogP contribution in [0.15, 0.2) is 104 Å². The summed E-state index contributed by atoms with van der Waals surface area (Å²) in [6.45, 7) is 6.17. The molecule has 0 aromatic heterocycles. The van der Waals surface area contributed by atoms with Crippen molar-refractivity contribution in [3.05, 3.63) is 94.3 Å². The lowest BCUT2D eigenvalue weighted by molar-refractivity contribution is -0.104. The average Bonchev–Trinajstić information content (AvgIpc) is 2.67. The van der Waals surface area contributed by atoms with Crippen LogP contribution in [0.3, 0.4) is 0 Å². The Morgan fingerprint density at radius 2 is 1.36 bits per heavy atom. The Hall–Kier alpha value is -2.48. The van der Waals surface area contributed by atoms with Gasteiger partial charge in [-0.2, -0.15) is 5.26 Å². The summed E-state index contributed by atoms with van der Waals surface area (Å²) in [6, 6.07) is 22.0. The Bertz CT molecular complexity index is 915. The molecule has 0 amide bonds. The molecular formula is C24H23NOS2. The second-order valence-corrected chi connectivity index (χ2v) is 9.41. The van der Waals surface area contributed by atoms with E-state index in [1.807, 2.05) is 78.9 Å². The van der Waals surface area contributed by atoms with Crippen LogP contribution in [0.5, 0.6) is 0 Å². The van der Waals surface area contributed by atoms with Crippen LogP contribution in [0, 0.1) is 16.7 Å². The summed E-state index contributed by atoms with van der Waals surface area (Å²) in [7, 11) is 0. The molecule has 0 bridgehead atoms. The summed E-state index contributed by atoms with van der Waals surface area (Å²) in [5.41, 5.74) is 0.470. The van der Waals surface area contributed by atoms with Gasteiger partial charge in [-0.15, -0.1) is 0 Å². The van der Waals surface area contributed by atoms with Crippen molar-refractivity contribution in [1.29, 1.82) is 5.26 Å². The van der Waals surface area contributed by atoms with E-state index in [2.05, 4.69) is 26.8 Å². The lowest BCUT2D eigenvalue weighted by atomic mass is 9.93. The van der Waals surface area contributed by atoms with Crippen molar-refractivity contribution in [3.8, 4) is 6.07 Å². The summed E-state index contributed by atoms with van der Waals surface area (Å²) in [6.07, 6.45) is 6.49. The third-order valence-corrected chi connectivity index (χ3v) is 5.31. The summed E-state index contributed by atoms with van der Waals surface area (Å²) in [5.74, 6) is 0. The number of nitriles is 1. The van der Waals surface area contributed by atoms with Crippen molar-refractivity contribution in [2.75, 3.05) is 0 Å². The summed E-state index contributed by atoms with van der Waals surface area (Å²) in [5, 5.41) is 9.56. The van der Waals surface area contributed by atoms with Crippen LogP contribution in [0.25, 0.3) is 0 Å². The number of carbonyl (C=O) groups is 1. The Labute approximate surface area is 176 Å². The number of benzene rings is 2. The number of carbonyl (C=O) groups excluding carboxylic acids is 1. The van der Waals surface area contributed by atoms with E-state index < -0.39 is 0 Å². The zero-order chi connectivity index (χ0) is 20.4. The van der Waals surface area contributed by atoms with E-state index in [0.29, 0.717) is 10.5 Å². The highest BCUT2D eigenvalue weighted by molar-refractivity contribution is 8.04. The molecule has 4 heteroatoms. The quantitative estimate of drug-likeness (QED) is 0.163. The van der Waals surface area contributed by atoms with Crippen molar-refractivity contribution in [3.63, 3.8) is 0 Å². The molecule has 0 radical (unpaired) electrons. The van der Waals surface area contributed by atoms with E-state index in [1.54, 1.807) is 0 Å². The minimum absolute atomic E-state index is 0.111. The van der Waals surface area contributed by atoms with Crippen molar-refractivity contribution in [2.24, 2.45) is 5.41 Å². The van der Waals surface area contributed by atoms with E-state index in [4.69, 9.17) is 0 Å². The fraction of sp³-hybridized carbons (Fsp3) is 0.167. The minimum atomic E-state index is -0.111. The van der Waals surface area contributed by atoms with E-state index >= 15 is 0 Å². The minimum Gasteiger partial charge on any atom is -0.297 e. The monoisotopic (exact) mass is 405 g/mol. The Kier molecular flexibility index (Phi) is 8.38. The number of allylic oxidation sites excluding steroid dienone is 5. The van der Waals surface area contributed by atoms with Crippen LogP contribution in [-0.2, 0) is 4.79 Å². The van der Waals surface area contributed by atoms with Gasteiger partial charge in [-0.05, 0) is 41.8 Å². The number of nitrogens with zero attached hydrogens (tertiary/aromatic N) is 1. The molecule has 2 nitrogen and oxygen atoms in total. The van der Waals surface area contributed by atoms with Crippen molar-refractivity contribution >= 4 is 29.8 Å². The maximum Gasteiger partial charge on any atom is 0.156 e. The second kappa shape index (κ2) is 10.8. The van der Waals surface area contributed by atoms with Gasteiger partial charge in [0.05, 0.1) is 11.0 Å². The molecule has 0 atom stereocenters. The molecule has 0 aliphatic rings. The molecule has 0 aliphatic carbocycles. The predicted octanol–water partition coefficient (Wildman–Crippen LogP) is 7.03. The molecule has 0 spiro atoms. The summed E-state index contributed by atoms with van der Waals surface area (Å²) in [4.78, 5) is 15.2. The van der Waals surface area contributed by atoms with Crippen LogP contribution in [0.1, 0.15) is 20.8 Å². The molecule has 0 saturated heterocycles. The van der Waals surface area contributed by atoms with Crippen LogP contribution in [0.4, 0.5) is 0 Å². The third-order valence-electron chi connectivity index (χ3n) is 3.37. The maximum absolute atomic E-state index is 11.7. The molecule has 0 saturated carbocycles. The number of rotatable bonds is 7. The number of hydrogen-bond acceptors (Lipinski definition) is 4. The Morgan fingerprint density at radius 1 is 0.857 bits per heavy atom. The largest absolute Gasteiger partial charge is 0.297 e. The number of aldehydes is 1. The van der Waals surface area contributed by atoms with Gasteiger partial charge >= 0.3 is 0 Å². The summed E-state index contributed by atoms with van der Waals surface area (Å²) < 4.78 is 0. The van der Waals surface area contributed by atoms with E-state index in [9.17, 15) is 10.1 Å². The van der Waals surface area contributed by atoms with E-state index in [-0.39, 0.29) is 5.41 Å². The molecule has 142 valence electrons. The lowest BCUT2D eigenvalue weighted by Gasteiger charge is -2.12. The highest BCUT2D eigenvalue weighted by Crippen LogP contribution is 2.33. The van der Waals surface area contributed by atoms with Gasteiger partial charge in [-0.25, -0.2) is 0 Å². The molecule has 28 heavy (non-hydrogen) atoms. The molecule has 0 fully saturated rings. The number of hydrogen-bond donors (Lipinski definition) is 0. The van der Waals surface area contributed by atoms with Crippen molar-refractivity contribution in [1.82, 2.24) is 0 Å². The van der Waals surface area contributed by atoms with E-state index in [1.165, 1.54) is 23.5 Å². The van der Waals surface area contributed by atoms with Crippen LogP contribution < -0.4 is 0 Å². The predicted molar refractivity (Wildman–Crippen MR) is 120 cm³/mol. The van der Waals surface area contributed by atoms with Gasteiger partial charge in [0.15, 0.2) is 6.29 Å². The van der Waals surface area contributed by atoms with Gasteiger partial charge in [-0.1, -0.05) is 86.8 Å². The van der Waals surface area contributed by atoms with Gasteiger partial charge in [0.1, 0.15) is 0 Å². The first kappa shape index (κ1) is 21.8. The first-order valence-electron chi connectivity index (χ1n) is 8.87. The van der Waals surface area contributed by atoms with E-state index in [0.717, 1.165) is 21.0 Å². The molecule has 0 N–H and O–H groups in total. The zero-order valence-electron chi connectivity index (χ0n) is 16.3. The average molecular weight is 406 g/mol. The molecule has 0 heterocycles. The van der Waals surface area contributed by atoms with Crippen LogP contribution in [0.2, 0.25) is 0 Å². The number of thioether (sulfide) groups is 2. The fourth-order valence-corrected chi connectivity index (χ4v) is 4.11. The summed E-state index contributed by atoms with van der Waals surface area (Å²) >= 11 is 2.95. The molecular weight excluding hydrogens is 382 g/mol. The fourth-order valence-electron chi connectivity index (χ4n) is 2.30. The molecule has 0 unspecified atom stereocenters. The normalized spacial score (nSPS) is 13.1. The lowest BCUT2D eigenvalue weighted by Crippen LogP contribution is -2.00. The van der Waals surface area contributed by atoms with Gasteiger partial charge in [-0.3, -0.25) is 4.79 Å². The third kappa shape index (κ3) is 8.04. The first-order valence-corrected chi connectivity index (χ1v) is 10.5. The van der Waals surface area contributed by atoms with Crippen molar-refractivity contribution in [2.45, 2.75) is 30.6 Å².